The number of amides is 15. The van der Waals surface area contributed by atoms with Crippen LogP contribution < -0.4 is 70.4 Å². The van der Waals surface area contributed by atoms with Gasteiger partial charge in [-0.1, -0.05) is 88.1 Å². The van der Waals surface area contributed by atoms with Crippen molar-refractivity contribution in [1.82, 2.24) is 87.6 Å². The normalized spacial score (nSPS) is 25.1. The number of phenolic OH excluding ortho intramolecular Hbond substituents is 1. The molecule has 132 heavy (non-hydrogen) atoms. The van der Waals surface area contributed by atoms with Crippen molar-refractivity contribution in [3.63, 3.8) is 0 Å². The molecule has 3 saturated heterocycles. The summed E-state index contributed by atoms with van der Waals surface area (Å²) in [5.41, 5.74) is 19.7. The van der Waals surface area contributed by atoms with Crippen LogP contribution in [0.5, 0.6) is 5.75 Å². The molecule has 0 spiro atoms. The fourth-order valence-corrected chi connectivity index (χ4v) is 17.1. The Balaban J connectivity index is 1.19. The number of guanidine groups is 1. The first-order valence-electron chi connectivity index (χ1n) is 44.2. The fraction of sp³-hybridized carbons (Fsp3) is 0.545. The second-order valence-electron chi connectivity index (χ2n) is 33.4. The predicted molar refractivity (Wildman–Crippen MR) is 483 cm³/mol. The molecular formula is C88H125N21O22S. The quantitative estimate of drug-likeness (QED) is 0.0145. The predicted octanol–water partition coefficient (Wildman–Crippen LogP) is -3.52. The molecule has 3 aromatic carbocycles. The summed E-state index contributed by atoms with van der Waals surface area (Å²) in [6.07, 6.45) is -0.353. The second kappa shape index (κ2) is 50.6. The number of carbonyl (C=O) groups is 17. The van der Waals surface area contributed by atoms with Crippen LogP contribution in [0.3, 0.4) is 0 Å². The summed E-state index contributed by atoms with van der Waals surface area (Å²) in [4.78, 5) is 259. The molecule has 15 amide bonds. The zero-order valence-electron chi connectivity index (χ0n) is 74.9. The maximum atomic E-state index is 15.7. The van der Waals surface area contributed by atoms with Crippen LogP contribution in [0.4, 0.5) is 0 Å². The largest absolute Gasteiger partial charge is 0.508 e. The van der Waals surface area contributed by atoms with Crippen LogP contribution in [0.1, 0.15) is 134 Å². The van der Waals surface area contributed by atoms with E-state index in [1.165, 1.54) is 52.3 Å². The van der Waals surface area contributed by atoms with Crippen molar-refractivity contribution in [2.45, 2.75) is 221 Å². The molecule has 5 aromatic rings. The Bertz CT molecular complexity index is 4940. The number of aliphatic hydroxyl groups is 3. The highest BCUT2D eigenvalue weighted by Gasteiger charge is 2.46. The number of carboxylic acids is 1. The smallest absolute Gasteiger partial charge is 0.303 e. The number of aromatic hydroxyl groups is 1. The van der Waals surface area contributed by atoms with Gasteiger partial charge in [0.25, 0.3) is 0 Å². The molecule has 0 aliphatic carbocycles. The number of hydrogen-bond donors (Lipinski definition) is 21. The summed E-state index contributed by atoms with van der Waals surface area (Å²) < 4.78 is 0. The monoisotopic (exact) mass is 1860 g/mol. The molecule has 0 unspecified atom stereocenters. The molecule has 0 radical (unpaired) electrons. The van der Waals surface area contributed by atoms with Crippen LogP contribution >= 0.6 is 11.8 Å². The molecule has 15 atom stereocenters. The Morgan fingerprint density at radius 1 is 0.553 bits per heavy atom. The van der Waals surface area contributed by atoms with Gasteiger partial charge in [0.1, 0.15) is 78.3 Å². The number of likely N-dealkylation sites (N-methyl/N-ethyl adjacent to an activating group) is 3. The lowest BCUT2D eigenvalue weighted by Crippen LogP contribution is -2.61. The maximum absolute atomic E-state index is 15.7. The third-order valence-corrected chi connectivity index (χ3v) is 24.8. The topological polar surface area (TPSA) is 661 Å². The first-order valence-corrected chi connectivity index (χ1v) is 45.3. The van der Waals surface area contributed by atoms with Crippen LogP contribution in [0.2, 0.25) is 0 Å². The summed E-state index contributed by atoms with van der Waals surface area (Å²) in [7, 11) is 3.90. The van der Waals surface area contributed by atoms with Crippen LogP contribution in [0, 0.1) is 11.3 Å². The number of aliphatic hydroxyl groups excluding tert-OH is 3. The highest BCUT2D eigenvalue weighted by Crippen LogP contribution is 2.30. The molecule has 0 saturated carbocycles. The molecule has 3 fully saturated rings. The van der Waals surface area contributed by atoms with Gasteiger partial charge < -0.3 is 130 Å². The number of nitrogens with one attached hydrogen (secondary N) is 13. The average molecular weight is 1860 g/mol. The molecule has 44 heteroatoms. The Labute approximate surface area is 766 Å². The Morgan fingerprint density at radius 2 is 1.09 bits per heavy atom. The fourth-order valence-electron chi connectivity index (χ4n) is 16.3. The van der Waals surface area contributed by atoms with Crippen molar-refractivity contribution < 1.29 is 107 Å². The summed E-state index contributed by atoms with van der Waals surface area (Å²) in [6.45, 7) is 1.10. The molecule has 3 aliphatic heterocycles. The Kier molecular flexibility index (Phi) is 40.0. The number of aliphatic carboxylic acids is 1. The van der Waals surface area contributed by atoms with E-state index in [1.54, 1.807) is 60.9 Å². The van der Waals surface area contributed by atoms with Gasteiger partial charge in [-0.3, -0.25) is 86.9 Å². The van der Waals surface area contributed by atoms with E-state index in [9.17, 15) is 73.5 Å². The Morgan fingerprint density at radius 3 is 1.69 bits per heavy atom. The molecule has 43 nitrogen and oxygen atoms in total. The first-order chi connectivity index (χ1) is 62.9. The van der Waals surface area contributed by atoms with E-state index in [-0.39, 0.29) is 89.6 Å². The summed E-state index contributed by atoms with van der Waals surface area (Å²) in [6, 6.07) is -1.02. The number of fused-ring (bicyclic) bond motifs is 4. The van der Waals surface area contributed by atoms with Gasteiger partial charge in [0.2, 0.25) is 88.6 Å². The van der Waals surface area contributed by atoms with Gasteiger partial charge in [-0.25, -0.2) is 0 Å². The number of ketones is 1. The summed E-state index contributed by atoms with van der Waals surface area (Å²) in [5, 5.41) is 88.2. The lowest BCUT2D eigenvalue weighted by Gasteiger charge is -2.36. The number of unbranched alkanes of at least 4 members (excludes halogenated alkanes) is 2. The van der Waals surface area contributed by atoms with E-state index in [2.05, 4.69) is 63.1 Å². The van der Waals surface area contributed by atoms with Crippen molar-refractivity contribution >= 4 is 140 Å². The number of rotatable bonds is 26. The number of H-pyrrole nitrogens is 2. The summed E-state index contributed by atoms with van der Waals surface area (Å²) in [5.74, 6) is -19.7. The van der Waals surface area contributed by atoms with E-state index < -0.39 is 260 Å². The highest BCUT2D eigenvalue weighted by molar-refractivity contribution is 8.00. The minimum absolute atomic E-state index is 0.0142. The minimum Gasteiger partial charge on any atom is -0.508 e. The van der Waals surface area contributed by atoms with Crippen molar-refractivity contribution in [1.29, 1.82) is 5.41 Å². The zero-order valence-corrected chi connectivity index (χ0v) is 75.7. The van der Waals surface area contributed by atoms with Crippen molar-refractivity contribution in [3.8, 4) is 5.75 Å². The number of para-hydroxylation sites is 2. The number of primary amides is 1. The number of benzene rings is 3. The van der Waals surface area contributed by atoms with Crippen LogP contribution in [0.15, 0.2) is 85.2 Å². The molecule has 5 heterocycles. The van der Waals surface area contributed by atoms with Gasteiger partial charge in [0.15, 0.2) is 11.7 Å². The van der Waals surface area contributed by atoms with Gasteiger partial charge in [-0.05, 0) is 112 Å². The molecular weight excluding hydrogens is 1740 g/mol. The third-order valence-electron chi connectivity index (χ3n) is 23.8. The van der Waals surface area contributed by atoms with Gasteiger partial charge >= 0.3 is 5.97 Å². The lowest BCUT2D eigenvalue weighted by atomic mass is 9.90. The summed E-state index contributed by atoms with van der Waals surface area (Å²) >= 11 is 0.767. The zero-order chi connectivity index (χ0) is 96.7. The number of aromatic nitrogens is 2. The van der Waals surface area contributed by atoms with E-state index >= 15 is 33.6 Å². The number of phenols is 1. The van der Waals surface area contributed by atoms with Crippen LogP contribution in [-0.4, -0.2) is 330 Å². The number of nitrogens with zero attached hydrogens (tertiary/aromatic N) is 5. The Hall–Kier alpha value is -12.8. The van der Waals surface area contributed by atoms with E-state index in [0.29, 0.717) is 64.2 Å². The van der Waals surface area contributed by atoms with E-state index in [1.807, 2.05) is 13.8 Å². The molecule has 720 valence electrons. The number of Topliss-reactive ketones (excluding diaryl/α,β-unsaturated/α-hetero) is 1. The van der Waals surface area contributed by atoms with Gasteiger partial charge in [0.05, 0.1) is 37.7 Å². The number of hydrogen-bond acceptors (Lipinski definition) is 24. The number of nitrogens with two attached hydrogens (primary N) is 3. The average Bonchev–Trinajstić information content (AvgIpc) is 1.60. The lowest BCUT2D eigenvalue weighted by molar-refractivity contribution is -0.149. The van der Waals surface area contributed by atoms with Gasteiger partial charge in [0, 0.05) is 119 Å². The van der Waals surface area contributed by atoms with E-state index in [0.717, 1.165) is 36.3 Å². The maximum Gasteiger partial charge on any atom is 0.303 e. The van der Waals surface area contributed by atoms with Crippen LogP contribution in [-0.2, 0) is 101 Å². The number of carboxylic acid groups (broad SMARTS) is 1. The number of carbonyl (C=O) groups excluding carboxylic acids is 16. The third kappa shape index (κ3) is 29.1. The molecule has 24 N–H and O–H groups in total. The number of aromatic amines is 2. The highest BCUT2D eigenvalue weighted by atomic mass is 32.2. The molecule has 0 bridgehead atoms. The SMILES string of the molecule is CCCC[C@H]1C(=O)N(C)[C@@H](CCCC)C(=O)N[C@@H](CCCNC(=N)N)C(=O)N[C@H](C(=O)NCC(N)=O)CSCC(=O)N[C@@H](Cc2ccc(O)cc2)C(=O)N(C)[C@@H](C)C(=O)N[C@@H](CCN)C(=O)N2CCC[C@H]2C(=O)N[C@@H](CO)C(=O)N[C@@H](CCC(=O)O)C(=O)N2C[C@H](O)C[C@H]2C(=O)C[C@@H](Cc2c[nH]c3ccccc23)C(=O)N[C@@H](CO)C(=O)N[C@@H](Cc2c[nH]c3ccccc23)C(=O)N1C. The molecule has 8 rings (SSSR count). The standard InChI is InChI=1S/C88H125N21O22S/c1-7-9-22-67-81(125)98-59(21-15-33-93-88(91)92)78(122)104-66(77(121)96-42-72(90)115)46-132-47-73(116)97-62(35-49-25-27-53(112)28-26-49)83(127)105(4)48(3)75(119)99-61(31-32-89)85(129)108-34-16-24-68(108)82(126)103-65(45-111)79(123)100-60(29-30-74(117)118)86(130)109-43-54(113)39-70(109)71(114)38-50(36-51-40-94-57-19-13-11-17-55(51)57)76(120)102-64(44-110)80(124)101-63(37-52-41-95-58-20-14-12-18-56(52)58)84(128)107(6)69(23-10-8-2)87(131)106(67)5/h11-14,17-20,25-28,40-41,48,50,54,59-70,94-95,110-113H,7-10,15-16,21-24,29-39,42-47,89H2,1-6H3,(H2,90,115)(H,96,121)(H,97,116)(H,98,125)(H,99,119)(H,100,123)(H,101,124)(H,102,120)(H,103,126)(H,104,122)(H,117,118)(H4,91,92,93)/t48-,50+,54+,59-,60-,61-,62-,63-,64-,65-,66-,67-,68-,69-,70-/m0/s1. The van der Waals surface area contributed by atoms with Gasteiger partial charge in [-0.2, -0.15) is 0 Å². The first kappa shape index (κ1) is 105. The van der Waals surface area contributed by atoms with Gasteiger partial charge in [-0.15, -0.1) is 11.8 Å². The molecule has 2 aromatic heterocycles. The van der Waals surface area contributed by atoms with Crippen molar-refractivity contribution in [2.24, 2.45) is 23.1 Å². The van der Waals surface area contributed by atoms with E-state index in [4.69, 9.17) is 22.6 Å². The van der Waals surface area contributed by atoms with Crippen molar-refractivity contribution in [2.75, 3.05) is 78.6 Å². The second-order valence-corrected chi connectivity index (χ2v) is 34.4. The van der Waals surface area contributed by atoms with Crippen LogP contribution in [0.25, 0.3) is 21.8 Å². The number of thioether (sulfide) groups is 1. The minimum atomic E-state index is -1.91. The molecule has 3 aliphatic rings. The van der Waals surface area contributed by atoms with Crippen molar-refractivity contribution in [3.05, 3.63) is 102 Å².